The van der Waals surface area contributed by atoms with Crippen molar-refractivity contribution in [3.8, 4) is 0 Å². The van der Waals surface area contributed by atoms with Crippen LogP contribution in [-0.4, -0.2) is 13.5 Å². The maximum atomic E-state index is 12.1. The van der Waals surface area contributed by atoms with Gasteiger partial charge in [0.25, 0.3) is 10.0 Å². The fourth-order valence-corrected chi connectivity index (χ4v) is 3.19. The van der Waals surface area contributed by atoms with E-state index in [9.17, 15) is 8.42 Å². The third kappa shape index (κ3) is 3.37. The van der Waals surface area contributed by atoms with Gasteiger partial charge in [0.1, 0.15) is 12.4 Å². The highest BCUT2D eigenvalue weighted by Crippen LogP contribution is 2.23. The molecule has 7 heteroatoms. The van der Waals surface area contributed by atoms with E-state index < -0.39 is 10.0 Å². The molecular formula is C12H12BrNO4S. The highest BCUT2D eigenvalue weighted by Gasteiger charge is 2.19. The van der Waals surface area contributed by atoms with Crippen molar-refractivity contribution >= 4 is 31.6 Å². The predicted molar refractivity (Wildman–Crippen MR) is 74.3 cm³/mol. The Morgan fingerprint density at radius 2 is 2.05 bits per heavy atom. The molecule has 2 N–H and O–H groups in total. The number of hydrogen-bond donors (Lipinski definition) is 2. The van der Waals surface area contributed by atoms with E-state index in [1.807, 2.05) is 13.0 Å². The molecule has 0 saturated heterocycles. The Hall–Kier alpha value is -1.31. The minimum absolute atomic E-state index is 0.200. The molecule has 2 aromatic rings. The number of aliphatic hydroxyl groups is 1. The molecule has 0 aliphatic rings. The van der Waals surface area contributed by atoms with E-state index in [1.54, 1.807) is 12.1 Å². The average Bonchev–Trinajstić information content (AvgIpc) is 2.75. The predicted octanol–water partition coefficient (Wildman–Crippen LogP) is 2.64. The molecule has 0 bridgehead atoms. The molecule has 0 atom stereocenters. The standard InChI is InChI=1S/C12H12BrNO4S/c1-8-4-9(13)6-10(5-8)14-19(16,17)12-3-2-11(7-15)18-12/h2-6,14-15H,7H2,1H3. The Labute approximate surface area is 119 Å². The Balaban J connectivity index is 2.30. The normalized spacial score (nSPS) is 11.5. The van der Waals surface area contributed by atoms with Crippen molar-refractivity contribution in [3.63, 3.8) is 0 Å². The summed E-state index contributed by atoms with van der Waals surface area (Å²) in [5.41, 5.74) is 1.36. The van der Waals surface area contributed by atoms with Crippen LogP contribution in [-0.2, 0) is 16.6 Å². The van der Waals surface area contributed by atoms with Crippen LogP contribution in [0.2, 0.25) is 0 Å². The molecule has 5 nitrogen and oxygen atoms in total. The molecule has 19 heavy (non-hydrogen) atoms. The first kappa shape index (κ1) is 14.1. The van der Waals surface area contributed by atoms with Gasteiger partial charge >= 0.3 is 0 Å². The second-order valence-electron chi connectivity index (χ2n) is 4.00. The number of halogens is 1. The van der Waals surface area contributed by atoms with Crippen molar-refractivity contribution in [1.29, 1.82) is 0 Å². The Morgan fingerprint density at radius 3 is 2.63 bits per heavy atom. The molecule has 2 rings (SSSR count). The van der Waals surface area contributed by atoms with Crippen LogP contribution in [0.4, 0.5) is 5.69 Å². The monoisotopic (exact) mass is 345 g/mol. The van der Waals surface area contributed by atoms with Gasteiger partial charge in [-0.3, -0.25) is 4.72 Å². The van der Waals surface area contributed by atoms with Gasteiger partial charge in [0.05, 0.1) is 5.69 Å². The van der Waals surface area contributed by atoms with Crippen molar-refractivity contribution in [1.82, 2.24) is 0 Å². The molecule has 0 unspecified atom stereocenters. The van der Waals surface area contributed by atoms with Gasteiger partial charge in [-0.2, -0.15) is 8.42 Å². The Morgan fingerprint density at radius 1 is 1.32 bits per heavy atom. The van der Waals surface area contributed by atoms with Crippen molar-refractivity contribution in [2.75, 3.05) is 4.72 Å². The van der Waals surface area contributed by atoms with Crippen molar-refractivity contribution < 1.29 is 17.9 Å². The first-order chi connectivity index (χ1) is 8.90. The molecular weight excluding hydrogens is 334 g/mol. The lowest BCUT2D eigenvalue weighted by Crippen LogP contribution is -2.12. The molecule has 0 fully saturated rings. The van der Waals surface area contributed by atoms with Crippen LogP contribution in [0.1, 0.15) is 11.3 Å². The number of rotatable bonds is 4. The van der Waals surface area contributed by atoms with Gasteiger partial charge in [-0.1, -0.05) is 15.9 Å². The van der Waals surface area contributed by atoms with E-state index in [2.05, 4.69) is 20.7 Å². The fourth-order valence-electron chi connectivity index (χ4n) is 1.59. The number of hydrogen-bond acceptors (Lipinski definition) is 4. The topological polar surface area (TPSA) is 79.5 Å². The lowest BCUT2D eigenvalue weighted by molar-refractivity contribution is 0.236. The summed E-state index contributed by atoms with van der Waals surface area (Å²) < 4.78 is 32.3. The Kier molecular flexibility index (Phi) is 3.98. The highest BCUT2D eigenvalue weighted by molar-refractivity contribution is 9.10. The zero-order valence-corrected chi connectivity index (χ0v) is 12.5. The first-order valence-corrected chi connectivity index (χ1v) is 7.68. The van der Waals surface area contributed by atoms with E-state index in [4.69, 9.17) is 9.52 Å². The molecule has 1 aromatic carbocycles. The minimum Gasteiger partial charge on any atom is -0.445 e. The number of benzene rings is 1. The highest BCUT2D eigenvalue weighted by atomic mass is 79.9. The summed E-state index contributed by atoms with van der Waals surface area (Å²) in [6.07, 6.45) is 0. The van der Waals surface area contributed by atoms with Crippen LogP contribution in [0.25, 0.3) is 0 Å². The van der Waals surface area contributed by atoms with Gasteiger partial charge in [-0.05, 0) is 42.8 Å². The van der Waals surface area contributed by atoms with E-state index in [0.717, 1.165) is 10.0 Å². The van der Waals surface area contributed by atoms with Gasteiger partial charge in [-0.25, -0.2) is 0 Å². The fraction of sp³-hybridized carbons (Fsp3) is 0.167. The van der Waals surface area contributed by atoms with Crippen molar-refractivity contribution in [3.05, 3.63) is 46.1 Å². The smallest absolute Gasteiger partial charge is 0.295 e. The van der Waals surface area contributed by atoms with E-state index in [-0.39, 0.29) is 17.5 Å². The maximum Gasteiger partial charge on any atom is 0.295 e. The summed E-state index contributed by atoms with van der Waals surface area (Å²) in [5.74, 6) is 0.200. The lowest BCUT2D eigenvalue weighted by Gasteiger charge is -2.07. The Bertz CT molecular complexity index is 673. The van der Waals surface area contributed by atoms with Crippen LogP contribution in [0.3, 0.4) is 0 Å². The van der Waals surface area contributed by atoms with Gasteiger partial charge < -0.3 is 9.52 Å². The molecule has 0 radical (unpaired) electrons. The largest absolute Gasteiger partial charge is 0.445 e. The molecule has 102 valence electrons. The summed E-state index contributed by atoms with van der Waals surface area (Å²) >= 11 is 3.30. The van der Waals surface area contributed by atoms with Crippen LogP contribution in [0.15, 0.2) is 44.3 Å². The zero-order chi connectivity index (χ0) is 14.0. The van der Waals surface area contributed by atoms with Gasteiger partial charge in [0.15, 0.2) is 0 Å². The number of nitrogens with one attached hydrogen (secondary N) is 1. The van der Waals surface area contributed by atoms with E-state index >= 15 is 0 Å². The van der Waals surface area contributed by atoms with Crippen molar-refractivity contribution in [2.45, 2.75) is 18.6 Å². The summed E-state index contributed by atoms with van der Waals surface area (Å²) in [4.78, 5) is 0. The maximum absolute atomic E-state index is 12.1. The number of anilines is 1. The SMILES string of the molecule is Cc1cc(Br)cc(NS(=O)(=O)c2ccc(CO)o2)c1. The van der Waals surface area contributed by atoms with Crippen LogP contribution in [0, 0.1) is 6.92 Å². The summed E-state index contributed by atoms with van der Waals surface area (Å²) in [7, 11) is -3.78. The number of sulfonamides is 1. The summed E-state index contributed by atoms with van der Waals surface area (Å²) in [6, 6.07) is 7.95. The van der Waals surface area contributed by atoms with Crippen LogP contribution < -0.4 is 4.72 Å². The molecule has 0 aliphatic carbocycles. The third-order valence-electron chi connectivity index (χ3n) is 2.35. The average molecular weight is 346 g/mol. The second kappa shape index (κ2) is 5.36. The summed E-state index contributed by atoms with van der Waals surface area (Å²) in [6.45, 7) is 1.52. The summed E-state index contributed by atoms with van der Waals surface area (Å²) in [5, 5.41) is 8.64. The van der Waals surface area contributed by atoms with Gasteiger partial charge in [-0.15, -0.1) is 0 Å². The second-order valence-corrected chi connectivity index (χ2v) is 6.53. The molecule has 1 heterocycles. The lowest BCUT2D eigenvalue weighted by atomic mass is 10.2. The minimum atomic E-state index is -3.78. The number of aryl methyl sites for hydroxylation is 1. The van der Waals surface area contributed by atoms with E-state index in [0.29, 0.717) is 5.69 Å². The molecule has 0 aliphatic heterocycles. The van der Waals surface area contributed by atoms with Gasteiger partial charge in [0, 0.05) is 4.47 Å². The van der Waals surface area contributed by atoms with E-state index in [1.165, 1.54) is 12.1 Å². The first-order valence-electron chi connectivity index (χ1n) is 5.40. The third-order valence-corrected chi connectivity index (χ3v) is 4.06. The van der Waals surface area contributed by atoms with Crippen LogP contribution in [0.5, 0.6) is 0 Å². The molecule has 0 saturated carbocycles. The molecule has 0 spiro atoms. The van der Waals surface area contributed by atoms with Crippen LogP contribution >= 0.6 is 15.9 Å². The number of aliphatic hydroxyl groups excluding tert-OH is 1. The number of furan rings is 1. The quantitative estimate of drug-likeness (QED) is 0.892. The molecule has 1 aromatic heterocycles. The van der Waals surface area contributed by atoms with Crippen molar-refractivity contribution in [2.24, 2.45) is 0 Å². The van der Waals surface area contributed by atoms with Gasteiger partial charge in [0.2, 0.25) is 5.09 Å². The molecule has 0 amide bonds. The zero-order valence-electron chi connectivity index (χ0n) is 10.1.